The molecule has 190 valence electrons. The molecule has 0 saturated carbocycles. The van der Waals surface area contributed by atoms with Gasteiger partial charge >= 0.3 is 0 Å². The van der Waals surface area contributed by atoms with Crippen molar-refractivity contribution in [2.24, 2.45) is 0 Å². The Morgan fingerprint density at radius 2 is 1.81 bits per heavy atom. The molecule has 9 nitrogen and oxygen atoms in total. The summed E-state index contributed by atoms with van der Waals surface area (Å²) in [6, 6.07) is 12.5. The van der Waals surface area contributed by atoms with Gasteiger partial charge < -0.3 is 19.3 Å². The van der Waals surface area contributed by atoms with Crippen LogP contribution in [0.3, 0.4) is 0 Å². The first-order chi connectivity index (χ1) is 17.9. The number of aryl methyl sites for hydroxylation is 1. The van der Waals surface area contributed by atoms with Crippen LogP contribution < -0.4 is 10.9 Å². The molecule has 1 fully saturated rings. The first kappa shape index (κ1) is 24.6. The van der Waals surface area contributed by atoms with Gasteiger partial charge in [-0.2, -0.15) is 0 Å². The molecule has 1 aromatic carbocycles. The van der Waals surface area contributed by atoms with E-state index >= 15 is 0 Å². The molecule has 1 aliphatic heterocycles. The van der Waals surface area contributed by atoms with Gasteiger partial charge in [0, 0.05) is 49.1 Å². The lowest BCUT2D eigenvalue weighted by Gasteiger charge is -2.22. The molecule has 1 unspecified atom stereocenters. The molecule has 1 saturated heterocycles. The molecule has 0 radical (unpaired) electrons. The van der Waals surface area contributed by atoms with Gasteiger partial charge in [0.25, 0.3) is 5.56 Å². The monoisotopic (exact) mass is 498 g/mol. The van der Waals surface area contributed by atoms with E-state index in [1.54, 1.807) is 25.4 Å². The van der Waals surface area contributed by atoms with Crippen LogP contribution in [-0.4, -0.2) is 50.6 Å². The van der Waals surface area contributed by atoms with Crippen LogP contribution in [-0.2, 0) is 11.3 Å². The maximum Gasteiger partial charge on any atom is 0.251 e. The number of hydrogen-bond acceptors (Lipinski definition) is 7. The van der Waals surface area contributed by atoms with Crippen LogP contribution in [0.15, 0.2) is 64.2 Å². The number of nitrogens with zero attached hydrogens (tertiary/aromatic N) is 5. The lowest BCUT2D eigenvalue weighted by molar-refractivity contribution is -0.133. The Morgan fingerprint density at radius 1 is 1.08 bits per heavy atom. The summed E-state index contributed by atoms with van der Waals surface area (Å²) in [5.74, 6) is 0.465. The number of carbonyl (C=O) groups is 1. The molecule has 1 N–H and O–H groups in total. The number of likely N-dealkylation sites (tertiary alicyclic amines) is 1. The molecule has 3 aromatic heterocycles. The van der Waals surface area contributed by atoms with Crippen molar-refractivity contribution in [2.45, 2.75) is 39.3 Å². The topological polar surface area (TPSA) is 106 Å². The van der Waals surface area contributed by atoms with Crippen molar-refractivity contribution < 1.29 is 9.32 Å². The predicted octanol–water partition coefficient (Wildman–Crippen LogP) is 3.84. The average Bonchev–Trinajstić information content (AvgIpc) is 3.62. The zero-order valence-electron chi connectivity index (χ0n) is 21.3. The van der Waals surface area contributed by atoms with Crippen molar-refractivity contribution in [1.29, 1.82) is 0 Å². The summed E-state index contributed by atoms with van der Waals surface area (Å²) in [5.41, 5.74) is 5.13. The van der Waals surface area contributed by atoms with Crippen LogP contribution in [0.5, 0.6) is 0 Å². The van der Waals surface area contributed by atoms with Gasteiger partial charge in [-0.3, -0.25) is 14.6 Å². The van der Waals surface area contributed by atoms with Crippen molar-refractivity contribution in [1.82, 2.24) is 29.9 Å². The molecule has 37 heavy (non-hydrogen) atoms. The van der Waals surface area contributed by atoms with E-state index in [4.69, 9.17) is 9.51 Å². The second-order valence-electron chi connectivity index (χ2n) is 9.36. The van der Waals surface area contributed by atoms with Gasteiger partial charge in [0.1, 0.15) is 17.4 Å². The molecule has 0 bridgehead atoms. The molecule has 1 amide bonds. The zero-order valence-corrected chi connectivity index (χ0v) is 21.3. The number of aromatic nitrogens is 4. The van der Waals surface area contributed by atoms with E-state index in [1.807, 2.05) is 37.1 Å². The van der Waals surface area contributed by atoms with E-state index in [-0.39, 0.29) is 11.5 Å². The highest BCUT2D eigenvalue weighted by molar-refractivity contribution is 5.80. The summed E-state index contributed by atoms with van der Waals surface area (Å²) in [5, 5.41) is 7.38. The van der Waals surface area contributed by atoms with Gasteiger partial charge in [-0.1, -0.05) is 29.4 Å². The fourth-order valence-corrected chi connectivity index (χ4v) is 4.62. The molecule has 0 aliphatic carbocycles. The van der Waals surface area contributed by atoms with E-state index in [0.29, 0.717) is 34.1 Å². The van der Waals surface area contributed by atoms with Gasteiger partial charge in [0.2, 0.25) is 5.91 Å². The molecule has 4 aromatic rings. The van der Waals surface area contributed by atoms with E-state index in [9.17, 15) is 9.59 Å². The van der Waals surface area contributed by atoms with Crippen molar-refractivity contribution >= 4 is 5.91 Å². The third-order valence-electron chi connectivity index (χ3n) is 6.76. The highest BCUT2D eigenvalue weighted by atomic mass is 16.5. The predicted molar refractivity (Wildman–Crippen MR) is 141 cm³/mol. The van der Waals surface area contributed by atoms with Crippen LogP contribution in [0.2, 0.25) is 0 Å². The summed E-state index contributed by atoms with van der Waals surface area (Å²) in [6.07, 6.45) is 5.34. The number of benzene rings is 1. The Labute approximate surface area is 215 Å². The molecule has 4 heterocycles. The molecule has 0 spiro atoms. The van der Waals surface area contributed by atoms with Crippen LogP contribution in [0.1, 0.15) is 37.1 Å². The normalized spacial score (nSPS) is 14.2. The maximum atomic E-state index is 12.9. The smallest absolute Gasteiger partial charge is 0.251 e. The molecule has 5 rings (SSSR count). The zero-order chi connectivity index (χ0) is 25.9. The highest BCUT2D eigenvalue weighted by Crippen LogP contribution is 2.28. The Hall–Kier alpha value is -4.11. The molecule has 9 heteroatoms. The minimum Gasteiger partial charge on any atom is -0.354 e. The quantitative estimate of drug-likeness (QED) is 0.413. The second-order valence-corrected chi connectivity index (χ2v) is 9.36. The lowest BCUT2D eigenvalue weighted by atomic mass is 10.1. The standard InChI is InChI=1S/C28H30N6O3/c1-18-27(25-14-23(32-37-25)21-8-6-20(7-9-21)15-29-3)31-24(16-30-18)22-10-11-26(35)34(17-22)19(2)28(36)33-12-4-5-13-33/h6-11,14,16-17,19,29H,4-5,12-13,15H2,1-3H3. The fraction of sp³-hybridized carbons (Fsp3) is 0.321. The Morgan fingerprint density at radius 3 is 2.54 bits per heavy atom. The minimum atomic E-state index is -0.597. The van der Waals surface area contributed by atoms with E-state index in [1.165, 1.54) is 16.2 Å². The van der Waals surface area contributed by atoms with E-state index in [0.717, 1.165) is 38.0 Å². The molecular formula is C28H30N6O3. The summed E-state index contributed by atoms with van der Waals surface area (Å²) >= 11 is 0. The van der Waals surface area contributed by atoms with Crippen LogP contribution in [0.25, 0.3) is 34.0 Å². The lowest BCUT2D eigenvalue weighted by Crippen LogP contribution is -2.37. The Bertz CT molecular complexity index is 1470. The number of amides is 1. The SMILES string of the molecule is CNCc1ccc(-c2cc(-c3nc(-c4ccc(=O)n(C(C)C(=O)N5CCCC5)c4)cnc3C)on2)cc1. The average molecular weight is 499 g/mol. The fourth-order valence-electron chi connectivity index (χ4n) is 4.62. The summed E-state index contributed by atoms with van der Waals surface area (Å²) in [4.78, 5) is 36.7. The molecular weight excluding hydrogens is 468 g/mol. The number of pyridine rings is 1. The van der Waals surface area contributed by atoms with Gasteiger partial charge in [-0.25, -0.2) is 4.98 Å². The van der Waals surface area contributed by atoms with Crippen molar-refractivity contribution in [3.63, 3.8) is 0 Å². The van der Waals surface area contributed by atoms with Gasteiger partial charge in [0.15, 0.2) is 5.76 Å². The first-order valence-electron chi connectivity index (χ1n) is 12.5. The minimum absolute atomic E-state index is 0.0411. The Balaban J connectivity index is 1.44. The van der Waals surface area contributed by atoms with Crippen molar-refractivity contribution in [3.8, 4) is 34.0 Å². The van der Waals surface area contributed by atoms with Crippen LogP contribution in [0.4, 0.5) is 0 Å². The number of rotatable bonds is 7. The first-order valence-corrected chi connectivity index (χ1v) is 12.5. The van der Waals surface area contributed by atoms with Gasteiger partial charge in [-0.05, 0) is 45.4 Å². The number of nitrogens with one attached hydrogen (secondary N) is 1. The van der Waals surface area contributed by atoms with Crippen molar-refractivity contribution in [3.05, 3.63) is 76.5 Å². The number of carbonyl (C=O) groups excluding carboxylic acids is 1. The highest BCUT2D eigenvalue weighted by Gasteiger charge is 2.25. The third kappa shape index (κ3) is 5.08. The third-order valence-corrected chi connectivity index (χ3v) is 6.76. The largest absolute Gasteiger partial charge is 0.354 e. The summed E-state index contributed by atoms with van der Waals surface area (Å²) < 4.78 is 7.13. The van der Waals surface area contributed by atoms with Gasteiger partial charge in [-0.15, -0.1) is 0 Å². The maximum absolute atomic E-state index is 12.9. The van der Waals surface area contributed by atoms with E-state index < -0.39 is 6.04 Å². The molecule has 1 atom stereocenters. The second kappa shape index (κ2) is 10.5. The van der Waals surface area contributed by atoms with Crippen molar-refractivity contribution in [2.75, 3.05) is 20.1 Å². The molecule has 1 aliphatic rings. The number of hydrogen-bond donors (Lipinski definition) is 1. The van der Waals surface area contributed by atoms with Gasteiger partial charge in [0.05, 0.1) is 17.6 Å². The van der Waals surface area contributed by atoms with Crippen LogP contribution >= 0.6 is 0 Å². The summed E-state index contributed by atoms with van der Waals surface area (Å²) in [7, 11) is 1.92. The van der Waals surface area contributed by atoms with Crippen LogP contribution in [0, 0.1) is 6.92 Å². The van der Waals surface area contributed by atoms with E-state index in [2.05, 4.69) is 27.6 Å². The Kier molecular flexibility index (Phi) is 6.96. The summed E-state index contributed by atoms with van der Waals surface area (Å²) in [6.45, 7) is 5.90.